The summed E-state index contributed by atoms with van der Waals surface area (Å²) in [5, 5.41) is 17.8. The summed E-state index contributed by atoms with van der Waals surface area (Å²) in [4.78, 5) is 91.3. The number of aryl methyl sites for hydroxylation is 1. The number of nitrogens with zero attached hydrogens (tertiary/aromatic N) is 6. The minimum Gasteiger partial charge on any atom is -0.508 e. The molecule has 1 atom stereocenters. The summed E-state index contributed by atoms with van der Waals surface area (Å²) in [6.45, 7) is 5.00. The van der Waals surface area contributed by atoms with Crippen molar-refractivity contribution >= 4 is 80.5 Å². The van der Waals surface area contributed by atoms with E-state index in [9.17, 15) is 33.9 Å². The highest BCUT2D eigenvalue weighted by Gasteiger charge is 2.45. The minimum absolute atomic E-state index is 0.00604. The quantitative estimate of drug-likeness (QED) is 0.0836. The first-order valence-corrected chi connectivity index (χ1v) is 22.6. The van der Waals surface area contributed by atoms with Crippen molar-refractivity contribution in [1.82, 2.24) is 30.0 Å². The number of imide groups is 2. The van der Waals surface area contributed by atoms with Gasteiger partial charge in [0.25, 0.3) is 11.8 Å². The van der Waals surface area contributed by atoms with Crippen LogP contribution >= 0.6 is 11.6 Å². The number of nitrogens with one attached hydrogen (secondary N) is 2. The molecule has 350 valence electrons. The monoisotopic (exact) mass is 936 g/mol. The second kappa shape index (κ2) is 20.4. The molecule has 2 fully saturated rings. The lowest BCUT2D eigenvalue weighted by molar-refractivity contribution is -0.136. The zero-order valence-electron chi connectivity index (χ0n) is 37.1. The van der Waals surface area contributed by atoms with E-state index in [0.717, 1.165) is 4.90 Å². The van der Waals surface area contributed by atoms with Gasteiger partial charge in [-0.15, -0.1) is 0 Å². The van der Waals surface area contributed by atoms with Gasteiger partial charge in [-0.2, -0.15) is 4.98 Å². The molecule has 0 radical (unpaired) electrons. The Kier molecular flexibility index (Phi) is 14.2. The zero-order chi connectivity index (χ0) is 47.4. The number of phenols is 1. The van der Waals surface area contributed by atoms with E-state index in [1.807, 2.05) is 29.2 Å². The minimum atomic E-state index is -1.03. The summed E-state index contributed by atoms with van der Waals surface area (Å²) >= 11 is 6.85. The average molecular weight is 937 g/mol. The SMILES string of the molecule is CC(=O)N1CCN(c2nc(NCCC(=O)N(C)CCOCCOCCCc3cccc4c3C(=O)N(C3CCC(=O)NC3=O)C4=O)nc3c(F)c(-c4cc(O)cc5ccccc45)c(Cl)cc23)CC1. The molecular formula is C48H50ClFN8O9. The van der Waals surface area contributed by atoms with E-state index in [-0.39, 0.29) is 89.8 Å². The van der Waals surface area contributed by atoms with E-state index < -0.39 is 35.5 Å². The molecule has 0 bridgehead atoms. The van der Waals surface area contributed by atoms with Crippen molar-refractivity contribution in [2.45, 2.75) is 45.1 Å². The van der Waals surface area contributed by atoms with Crippen molar-refractivity contribution in [3.8, 4) is 16.9 Å². The number of likely N-dealkylation sites (N-methyl/N-ethyl adjacent to an activating group) is 1. The zero-order valence-corrected chi connectivity index (χ0v) is 37.9. The molecule has 1 aromatic heterocycles. The van der Waals surface area contributed by atoms with Crippen LogP contribution < -0.4 is 15.5 Å². The van der Waals surface area contributed by atoms with Gasteiger partial charge in [0.2, 0.25) is 29.6 Å². The van der Waals surface area contributed by atoms with E-state index in [2.05, 4.69) is 15.6 Å². The van der Waals surface area contributed by atoms with Gasteiger partial charge >= 0.3 is 0 Å². The number of hydrogen-bond donors (Lipinski definition) is 3. The number of aromatic nitrogens is 2. The molecule has 67 heavy (non-hydrogen) atoms. The average Bonchev–Trinajstić information content (AvgIpc) is 3.56. The molecule has 4 heterocycles. The van der Waals surface area contributed by atoms with E-state index in [1.54, 1.807) is 47.2 Å². The number of benzene rings is 4. The molecule has 8 rings (SSSR count). The maximum absolute atomic E-state index is 16.9. The fourth-order valence-corrected chi connectivity index (χ4v) is 9.05. The Morgan fingerprint density at radius 2 is 1.67 bits per heavy atom. The Hall–Kier alpha value is -6.76. The largest absolute Gasteiger partial charge is 0.508 e. The summed E-state index contributed by atoms with van der Waals surface area (Å²) in [5.74, 6) is -2.57. The third kappa shape index (κ3) is 10.0. The number of hydrogen-bond acceptors (Lipinski definition) is 13. The number of amides is 6. The van der Waals surface area contributed by atoms with Crippen LogP contribution in [-0.4, -0.2) is 144 Å². The molecule has 6 amide bonds. The van der Waals surface area contributed by atoms with Crippen LogP contribution in [0.25, 0.3) is 32.8 Å². The van der Waals surface area contributed by atoms with Gasteiger partial charge in [-0.1, -0.05) is 48.0 Å². The molecule has 3 N–H and O–H groups in total. The van der Waals surface area contributed by atoms with Crippen molar-refractivity contribution in [2.75, 3.05) is 83.0 Å². The van der Waals surface area contributed by atoms with Crippen molar-refractivity contribution in [1.29, 1.82) is 0 Å². The summed E-state index contributed by atoms with van der Waals surface area (Å²) in [6.07, 6.45) is 1.24. The number of aromatic hydroxyl groups is 1. The van der Waals surface area contributed by atoms with Crippen molar-refractivity contribution in [2.24, 2.45) is 0 Å². The molecule has 19 heteroatoms. The molecule has 2 saturated heterocycles. The molecule has 17 nitrogen and oxygen atoms in total. The lowest BCUT2D eigenvalue weighted by Gasteiger charge is -2.35. The van der Waals surface area contributed by atoms with Crippen LogP contribution in [0.5, 0.6) is 5.75 Å². The molecule has 5 aromatic rings. The number of piperidine rings is 1. The highest BCUT2D eigenvalue weighted by molar-refractivity contribution is 6.35. The molecular weight excluding hydrogens is 887 g/mol. The molecule has 0 saturated carbocycles. The lowest BCUT2D eigenvalue weighted by Crippen LogP contribution is -2.54. The van der Waals surface area contributed by atoms with Crippen LogP contribution in [0.3, 0.4) is 0 Å². The Morgan fingerprint density at radius 3 is 2.43 bits per heavy atom. The highest BCUT2D eigenvalue weighted by Crippen LogP contribution is 2.42. The topological polar surface area (TPSA) is 204 Å². The number of carbonyl (C=O) groups excluding carboxylic acids is 6. The van der Waals surface area contributed by atoms with Crippen LogP contribution in [0.15, 0.2) is 60.7 Å². The number of anilines is 2. The fraction of sp³-hybridized carbons (Fsp3) is 0.375. The molecule has 0 aliphatic carbocycles. The second-order valence-electron chi connectivity index (χ2n) is 16.6. The van der Waals surface area contributed by atoms with Gasteiger partial charge in [0, 0.05) is 83.6 Å². The van der Waals surface area contributed by atoms with Crippen LogP contribution in [0.1, 0.15) is 58.9 Å². The summed E-state index contributed by atoms with van der Waals surface area (Å²) in [5.41, 5.74) is 1.68. The van der Waals surface area contributed by atoms with Crippen molar-refractivity contribution in [3.05, 3.63) is 88.2 Å². The van der Waals surface area contributed by atoms with Gasteiger partial charge in [-0.25, -0.2) is 9.37 Å². The van der Waals surface area contributed by atoms with Gasteiger partial charge in [0.1, 0.15) is 23.1 Å². The van der Waals surface area contributed by atoms with E-state index >= 15 is 4.39 Å². The predicted molar refractivity (Wildman–Crippen MR) is 247 cm³/mol. The van der Waals surface area contributed by atoms with Crippen LogP contribution in [-0.2, 0) is 35.1 Å². The van der Waals surface area contributed by atoms with Gasteiger partial charge in [0.05, 0.1) is 36.0 Å². The fourth-order valence-electron chi connectivity index (χ4n) is 8.76. The first kappa shape index (κ1) is 46.8. The standard InChI is InChI=1S/C48H50ClFN8O9/c1-28(59)56-16-18-57(19-17-56)44-35-27-36(49)41(34-26-31(60)25-30-7-3-4-10-32(30)34)42(50)43(35)53-48(54-44)51-15-14-39(62)55(2)20-22-67-24-23-66-21-6-9-29-8-5-11-33-40(29)47(65)58(46(33)64)37-12-13-38(61)52-45(37)63/h3-5,7-8,10-11,25-27,37,60H,6,9,12-24H2,1-2H3,(H,51,53,54)(H,52,61,63). The van der Waals surface area contributed by atoms with Crippen LogP contribution in [0.4, 0.5) is 16.2 Å². The number of fused-ring (bicyclic) bond motifs is 3. The first-order valence-electron chi connectivity index (χ1n) is 22.2. The van der Waals surface area contributed by atoms with Crippen molar-refractivity contribution in [3.63, 3.8) is 0 Å². The summed E-state index contributed by atoms with van der Waals surface area (Å²) in [6, 6.07) is 16.0. The Morgan fingerprint density at radius 1 is 0.910 bits per heavy atom. The summed E-state index contributed by atoms with van der Waals surface area (Å²) in [7, 11) is 1.67. The lowest BCUT2D eigenvalue weighted by atomic mass is 9.96. The van der Waals surface area contributed by atoms with Crippen LogP contribution in [0.2, 0.25) is 5.02 Å². The second-order valence-corrected chi connectivity index (χ2v) is 17.0. The molecule has 3 aliphatic rings. The number of phenolic OH excluding ortho intramolecular Hbond substituents is 1. The van der Waals surface area contributed by atoms with Gasteiger partial charge in [0.15, 0.2) is 5.82 Å². The Bertz CT molecular complexity index is 2780. The van der Waals surface area contributed by atoms with Crippen LogP contribution in [0, 0.1) is 5.82 Å². The van der Waals surface area contributed by atoms with Gasteiger partial charge < -0.3 is 34.6 Å². The normalized spacial score (nSPS) is 16.2. The van der Waals surface area contributed by atoms with Crippen molar-refractivity contribution < 1.29 is 47.7 Å². The molecule has 3 aliphatic heterocycles. The number of rotatable bonds is 17. The highest BCUT2D eigenvalue weighted by atomic mass is 35.5. The van der Waals surface area contributed by atoms with E-state index in [4.69, 9.17) is 26.1 Å². The smallest absolute Gasteiger partial charge is 0.262 e. The van der Waals surface area contributed by atoms with Gasteiger partial charge in [-0.3, -0.25) is 39.0 Å². The number of halogens is 2. The number of carbonyl (C=O) groups is 6. The number of piperazine rings is 1. The van der Waals surface area contributed by atoms with E-state index in [1.165, 1.54) is 13.0 Å². The Balaban J connectivity index is 0.819. The Labute approximate surface area is 390 Å². The summed E-state index contributed by atoms with van der Waals surface area (Å²) < 4.78 is 28.3. The van der Waals surface area contributed by atoms with Gasteiger partial charge in [-0.05, 0) is 65.4 Å². The predicted octanol–water partition coefficient (Wildman–Crippen LogP) is 4.94. The molecule has 4 aromatic carbocycles. The molecule has 1 unspecified atom stereocenters. The molecule has 0 spiro atoms. The maximum atomic E-state index is 16.9. The van der Waals surface area contributed by atoms with E-state index in [0.29, 0.717) is 91.9 Å². The third-order valence-corrected chi connectivity index (χ3v) is 12.6. The maximum Gasteiger partial charge on any atom is 0.262 e. The third-order valence-electron chi connectivity index (χ3n) is 12.3. The number of ether oxygens (including phenoxy) is 2. The first-order chi connectivity index (χ1) is 32.3.